The van der Waals surface area contributed by atoms with Crippen molar-refractivity contribution in [1.82, 2.24) is 0 Å². The predicted octanol–water partition coefficient (Wildman–Crippen LogP) is 0.922. The van der Waals surface area contributed by atoms with Crippen LogP contribution in [0.15, 0.2) is 4.99 Å². The Kier molecular flexibility index (Phi) is 3.59. The standard InChI is InChI=1S/C5H8N2O/c1-3-8-5(2)7-4-6/h3H2,1-2H3/b7-5+. The number of hydrogen-bond acceptors (Lipinski definition) is 3. The summed E-state index contributed by atoms with van der Waals surface area (Å²) in [6.07, 6.45) is 1.62. The fourth-order valence-corrected chi connectivity index (χ4v) is 0.312. The summed E-state index contributed by atoms with van der Waals surface area (Å²) in [6, 6.07) is 0. The van der Waals surface area contributed by atoms with Crippen molar-refractivity contribution in [3.63, 3.8) is 0 Å². The Balaban J connectivity index is 3.49. The number of ether oxygens (including phenoxy) is 1. The SMILES string of the molecule is CCO/C(C)=N/C#N. The number of nitrogens with zero attached hydrogens (tertiary/aromatic N) is 2. The average Bonchev–Trinajstić information content (AvgIpc) is 1.68. The van der Waals surface area contributed by atoms with Gasteiger partial charge in [0.25, 0.3) is 0 Å². The second kappa shape index (κ2) is 4.13. The van der Waals surface area contributed by atoms with E-state index in [9.17, 15) is 0 Å². The number of aliphatic imine (C=N–C) groups is 1. The topological polar surface area (TPSA) is 45.4 Å². The van der Waals surface area contributed by atoms with E-state index in [1.54, 1.807) is 13.1 Å². The Morgan fingerprint density at radius 3 is 2.88 bits per heavy atom. The number of hydrogen-bond donors (Lipinski definition) is 0. The van der Waals surface area contributed by atoms with Crippen LogP contribution in [0.3, 0.4) is 0 Å². The maximum atomic E-state index is 7.95. The molecule has 0 aromatic carbocycles. The molecule has 0 N–H and O–H groups in total. The summed E-state index contributed by atoms with van der Waals surface area (Å²) in [5, 5.41) is 7.95. The van der Waals surface area contributed by atoms with E-state index in [4.69, 9.17) is 10.00 Å². The predicted molar refractivity (Wildman–Crippen MR) is 30.3 cm³/mol. The molecule has 0 aliphatic heterocycles. The summed E-state index contributed by atoms with van der Waals surface area (Å²) in [5.41, 5.74) is 0. The van der Waals surface area contributed by atoms with Gasteiger partial charge in [0, 0.05) is 6.92 Å². The zero-order valence-electron chi connectivity index (χ0n) is 5.01. The molecule has 3 heteroatoms. The fourth-order valence-electron chi connectivity index (χ4n) is 0.312. The third kappa shape index (κ3) is 3.16. The van der Waals surface area contributed by atoms with Crippen molar-refractivity contribution in [3.05, 3.63) is 0 Å². The zero-order chi connectivity index (χ0) is 6.41. The highest BCUT2D eigenvalue weighted by Gasteiger charge is 1.83. The van der Waals surface area contributed by atoms with E-state index in [1.165, 1.54) is 0 Å². The Morgan fingerprint density at radius 2 is 2.50 bits per heavy atom. The van der Waals surface area contributed by atoms with Gasteiger partial charge in [-0.05, 0) is 6.92 Å². The highest BCUT2D eigenvalue weighted by molar-refractivity contribution is 5.73. The van der Waals surface area contributed by atoms with Crippen molar-refractivity contribution in [2.45, 2.75) is 13.8 Å². The van der Waals surface area contributed by atoms with Crippen molar-refractivity contribution in [2.75, 3.05) is 6.61 Å². The van der Waals surface area contributed by atoms with Crippen molar-refractivity contribution in [3.8, 4) is 6.19 Å². The van der Waals surface area contributed by atoms with Gasteiger partial charge in [-0.3, -0.25) is 0 Å². The highest BCUT2D eigenvalue weighted by Crippen LogP contribution is 1.77. The molecule has 0 heterocycles. The summed E-state index contributed by atoms with van der Waals surface area (Å²) in [7, 11) is 0. The van der Waals surface area contributed by atoms with Crippen LogP contribution in [0.2, 0.25) is 0 Å². The summed E-state index contributed by atoms with van der Waals surface area (Å²) >= 11 is 0. The average molecular weight is 112 g/mol. The summed E-state index contributed by atoms with van der Waals surface area (Å²) in [6.45, 7) is 4.06. The second-order valence-corrected chi connectivity index (χ2v) is 1.16. The molecule has 0 bridgehead atoms. The lowest BCUT2D eigenvalue weighted by Gasteiger charge is -1.94. The van der Waals surface area contributed by atoms with E-state index in [0.717, 1.165) is 0 Å². The first-order valence-electron chi connectivity index (χ1n) is 2.37. The van der Waals surface area contributed by atoms with Gasteiger partial charge in [0.2, 0.25) is 6.19 Å². The molecule has 0 spiro atoms. The van der Waals surface area contributed by atoms with Crippen LogP contribution in [0.4, 0.5) is 0 Å². The molecular formula is C5H8N2O. The van der Waals surface area contributed by atoms with Crippen molar-refractivity contribution < 1.29 is 4.74 Å². The van der Waals surface area contributed by atoms with Gasteiger partial charge in [-0.2, -0.15) is 5.26 Å². The van der Waals surface area contributed by atoms with Gasteiger partial charge >= 0.3 is 0 Å². The van der Waals surface area contributed by atoms with Crippen LogP contribution in [0.1, 0.15) is 13.8 Å². The zero-order valence-corrected chi connectivity index (χ0v) is 5.01. The normalized spacial score (nSPS) is 10.4. The quantitative estimate of drug-likeness (QED) is 0.287. The molecule has 0 atom stereocenters. The largest absolute Gasteiger partial charge is 0.481 e. The molecule has 0 aromatic heterocycles. The summed E-state index contributed by atoms with van der Waals surface area (Å²) < 4.78 is 4.81. The van der Waals surface area contributed by atoms with Crippen molar-refractivity contribution in [1.29, 1.82) is 5.26 Å². The van der Waals surface area contributed by atoms with E-state index in [-0.39, 0.29) is 0 Å². The van der Waals surface area contributed by atoms with Crippen LogP contribution >= 0.6 is 0 Å². The molecular weight excluding hydrogens is 104 g/mol. The Labute approximate surface area is 48.6 Å². The van der Waals surface area contributed by atoms with Gasteiger partial charge in [0.1, 0.15) is 0 Å². The van der Waals surface area contributed by atoms with Gasteiger partial charge in [0.15, 0.2) is 5.90 Å². The highest BCUT2D eigenvalue weighted by atomic mass is 16.5. The number of nitriles is 1. The van der Waals surface area contributed by atoms with Crippen LogP contribution in [-0.2, 0) is 4.74 Å². The maximum absolute atomic E-state index is 7.95. The number of rotatable bonds is 1. The van der Waals surface area contributed by atoms with E-state index in [1.807, 2.05) is 6.92 Å². The third-order valence-corrected chi connectivity index (χ3v) is 0.561. The van der Waals surface area contributed by atoms with Gasteiger partial charge in [-0.15, -0.1) is 4.99 Å². The lowest BCUT2D eigenvalue weighted by molar-refractivity contribution is 0.325. The third-order valence-electron chi connectivity index (χ3n) is 0.561. The molecule has 0 unspecified atom stereocenters. The molecule has 44 valence electrons. The van der Waals surface area contributed by atoms with Gasteiger partial charge in [-0.25, -0.2) is 0 Å². The van der Waals surface area contributed by atoms with E-state index >= 15 is 0 Å². The van der Waals surface area contributed by atoms with E-state index in [0.29, 0.717) is 12.5 Å². The molecule has 0 aliphatic rings. The van der Waals surface area contributed by atoms with Gasteiger partial charge in [0.05, 0.1) is 6.61 Å². The molecule has 0 radical (unpaired) electrons. The molecule has 0 aromatic rings. The molecule has 8 heavy (non-hydrogen) atoms. The molecule has 3 nitrogen and oxygen atoms in total. The van der Waals surface area contributed by atoms with E-state index < -0.39 is 0 Å². The molecule has 0 amide bonds. The Bertz CT molecular complexity index is 123. The molecule has 0 fully saturated rings. The summed E-state index contributed by atoms with van der Waals surface area (Å²) in [5.74, 6) is 0.426. The summed E-state index contributed by atoms with van der Waals surface area (Å²) in [4.78, 5) is 3.31. The minimum absolute atomic E-state index is 0.426. The van der Waals surface area contributed by atoms with Crippen LogP contribution in [0.5, 0.6) is 0 Å². The van der Waals surface area contributed by atoms with Gasteiger partial charge in [-0.1, -0.05) is 0 Å². The Hall–Kier alpha value is -1.04. The minimum Gasteiger partial charge on any atom is -0.481 e. The first kappa shape index (κ1) is 6.96. The smallest absolute Gasteiger partial charge is 0.208 e. The van der Waals surface area contributed by atoms with E-state index in [2.05, 4.69) is 4.99 Å². The van der Waals surface area contributed by atoms with Gasteiger partial charge < -0.3 is 4.74 Å². The Morgan fingerprint density at radius 1 is 1.88 bits per heavy atom. The minimum atomic E-state index is 0.426. The monoisotopic (exact) mass is 112 g/mol. The first-order chi connectivity index (χ1) is 3.81. The second-order valence-electron chi connectivity index (χ2n) is 1.16. The first-order valence-corrected chi connectivity index (χ1v) is 2.37. The molecule has 0 saturated heterocycles. The van der Waals surface area contributed by atoms with Crippen molar-refractivity contribution in [2.24, 2.45) is 4.99 Å². The lowest BCUT2D eigenvalue weighted by atomic mass is 10.7. The van der Waals surface area contributed by atoms with Crippen LogP contribution in [0.25, 0.3) is 0 Å². The van der Waals surface area contributed by atoms with Crippen LogP contribution < -0.4 is 0 Å². The fraction of sp³-hybridized carbons (Fsp3) is 0.600. The molecule has 0 saturated carbocycles. The molecule has 0 aliphatic carbocycles. The van der Waals surface area contributed by atoms with Crippen LogP contribution in [0, 0.1) is 11.5 Å². The maximum Gasteiger partial charge on any atom is 0.208 e. The lowest BCUT2D eigenvalue weighted by Crippen LogP contribution is -1.96. The molecule has 0 rings (SSSR count). The van der Waals surface area contributed by atoms with Crippen molar-refractivity contribution >= 4 is 5.90 Å². The van der Waals surface area contributed by atoms with Crippen LogP contribution in [-0.4, -0.2) is 12.5 Å².